The van der Waals surface area contributed by atoms with E-state index in [1.54, 1.807) is 18.0 Å². The van der Waals surface area contributed by atoms with Gasteiger partial charge in [0.15, 0.2) is 4.96 Å². The Hall–Kier alpha value is -2.67. The molecule has 0 saturated heterocycles. The second-order valence-electron chi connectivity index (χ2n) is 5.84. The lowest BCUT2D eigenvalue weighted by Crippen LogP contribution is -2.25. The molecular weight excluding hydrogens is 326 g/mol. The van der Waals surface area contributed by atoms with Crippen molar-refractivity contribution in [1.29, 1.82) is 0 Å². The number of carboxylic acids is 1. The summed E-state index contributed by atoms with van der Waals surface area (Å²) in [5.41, 5.74) is 4.73. The van der Waals surface area contributed by atoms with Gasteiger partial charge in [-0.15, -0.1) is 11.3 Å². The molecule has 24 heavy (non-hydrogen) atoms. The molecule has 122 valence electrons. The fraction of sp³-hybridized carbons (Fsp3) is 0.235. The zero-order valence-corrected chi connectivity index (χ0v) is 13.8. The van der Waals surface area contributed by atoms with Crippen LogP contribution in [0.1, 0.15) is 18.2 Å². The first-order valence-electron chi connectivity index (χ1n) is 7.61. The molecule has 3 aromatic rings. The maximum Gasteiger partial charge on any atom is 0.309 e. The second kappa shape index (κ2) is 5.45. The number of benzene rings is 1. The van der Waals surface area contributed by atoms with Gasteiger partial charge in [-0.25, -0.2) is 4.98 Å². The van der Waals surface area contributed by atoms with Gasteiger partial charge in [0, 0.05) is 30.7 Å². The SMILES string of the molecule is CC(=O)N1CCc2cc(-c3csc4nc(CC(=O)O)cn34)ccc21. The van der Waals surface area contributed by atoms with E-state index < -0.39 is 5.97 Å². The largest absolute Gasteiger partial charge is 0.481 e. The molecule has 7 heteroatoms. The van der Waals surface area contributed by atoms with Crippen molar-refractivity contribution < 1.29 is 14.7 Å². The maximum atomic E-state index is 11.7. The van der Waals surface area contributed by atoms with Crippen LogP contribution >= 0.6 is 11.3 Å². The highest BCUT2D eigenvalue weighted by Gasteiger charge is 2.23. The summed E-state index contributed by atoms with van der Waals surface area (Å²) >= 11 is 1.49. The molecule has 3 heterocycles. The number of aromatic nitrogens is 2. The van der Waals surface area contributed by atoms with E-state index in [0.717, 1.165) is 40.4 Å². The van der Waals surface area contributed by atoms with Crippen molar-refractivity contribution in [2.24, 2.45) is 0 Å². The van der Waals surface area contributed by atoms with Crippen LogP contribution in [-0.2, 0) is 22.4 Å². The zero-order chi connectivity index (χ0) is 16.8. The summed E-state index contributed by atoms with van der Waals surface area (Å²) in [7, 11) is 0. The number of carboxylic acid groups (broad SMARTS) is 1. The first-order chi connectivity index (χ1) is 11.5. The van der Waals surface area contributed by atoms with Gasteiger partial charge in [-0.05, 0) is 29.7 Å². The molecule has 0 spiro atoms. The Labute approximate surface area is 142 Å². The van der Waals surface area contributed by atoms with Crippen LogP contribution in [-0.4, -0.2) is 32.9 Å². The highest BCUT2D eigenvalue weighted by Crippen LogP contribution is 2.34. The average Bonchev–Trinajstić information content (AvgIpc) is 3.18. The number of hydrogen-bond acceptors (Lipinski definition) is 4. The van der Waals surface area contributed by atoms with Crippen molar-refractivity contribution in [2.75, 3.05) is 11.4 Å². The lowest BCUT2D eigenvalue weighted by Gasteiger charge is -2.14. The second-order valence-corrected chi connectivity index (χ2v) is 6.68. The predicted molar refractivity (Wildman–Crippen MR) is 91.6 cm³/mol. The van der Waals surface area contributed by atoms with Gasteiger partial charge in [-0.3, -0.25) is 14.0 Å². The van der Waals surface area contributed by atoms with Crippen molar-refractivity contribution in [3.63, 3.8) is 0 Å². The van der Waals surface area contributed by atoms with Crippen molar-refractivity contribution in [2.45, 2.75) is 19.8 Å². The van der Waals surface area contributed by atoms with Gasteiger partial charge in [-0.1, -0.05) is 6.07 Å². The summed E-state index contributed by atoms with van der Waals surface area (Å²) in [4.78, 5) is 29.4. The molecule has 0 atom stereocenters. The molecule has 0 fully saturated rings. The third kappa shape index (κ3) is 2.37. The number of rotatable bonds is 3. The van der Waals surface area contributed by atoms with Gasteiger partial charge in [0.05, 0.1) is 17.8 Å². The third-order valence-electron chi connectivity index (χ3n) is 4.24. The molecule has 1 amide bonds. The van der Waals surface area contributed by atoms with E-state index in [1.165, 1.54) is 11.3 Å². The highest BCUT2D eigenvalue weighted by molar-refractivity contribution is 7.15. The Morgan fingerprint density at radius 3 is 2.96 bits per heavy atom. The topological polar surface area (TPSA) is 74.9 Å². The molecule has 4 rings (SSSR count). The summed E-state index contributed by atoms with van der Waals surface area (Å²) in [6, 6.07) is 6.09. The minimum Gasteiger partial charge on any atom is -0.481 e. The number of anilines is 1. The van der Waals surface area contributed by atoms with E-state index >= 15 is 0 Å². The molecule has 0 aliphatic carbocycles. The van der Waals surface area contributed by atoms with Gasteiger partial charge in [0.1, 0.15) is 0 Å². The Morgan fingerprint density at radius 1 is 1.38 bits per heavy atom. The lowest BCUT2D eigenvalue weighted by molar-refractivity contribution is -0.136. The first kappa shape index (κ1) is 14.9. The molecule has 0 bridgehead atoms. The van der Waals surface area contributed by atoms with Crippen molar-refractivity contribution in [3.05, 3.63) is 41.0 Å². The van der Waals surface area contributed by atoms with Crippen molar-refractivity contribution in [1.82, 2.24) is 9.38 Å². The molecular formula is C17H15N3O3S. The van der Waals surface area contributed by atoms with Crippen molar-refractivity contribution in [3.8, 4) is 11.3 Å². The molecule has 1 aliphatic rings. The van der Waals surface area contributed by atoms with E-state index in [4.69, 9.17) is 5.11 Å². The molecule has 0 unspecified atom stereocenters. The quantitative estimate of drug-likeness (QED) is 0.794. The lowest BCUT2D eigenvalue weighted by atomic mass is 10.1. The fourth-order valence-corrected chi connectivity index (χ4v) is 4.07. The molecule has 6 nitrogen and oxygen atoms in total. The number of fused-ring (bicyclic) bond motifs is 2. The number of imidazole rings is 1. The normalized spacial score (nSPS) is 13.5. The van der Waals surface area contributed by atoms with E-state index in [-0.39, 0.29) is 12.3 Å². The van der Waals surface area contributed by atoms with Crippen LogP contribution in [0.25, 0.3) is 16.2 Å². The summed E-state index contributed by atoms with van der Waals surface area (Å²) in [6.45, 7) is 2.31. The Morgan fingerprint density at radius 2 is 2.21 bits per heavy atom. The van der Waals surface area contributed by atoms with Gasteiger partial charge < -0.3 is 10.0 Å². The number of thiazole rings is 1. The highest BCUT2D eigenvalue weighted by atomic mass is 32.1. The van der Waals surface area contributed by atoms with E-state index in [2.05, 4.69) is 11.1 Å². The Kier molecular flexibility index (Phi) is 3.38. The minimum absolute atomic E-state index is 0.0624. The maximum absolute atomic E-state index is 11.7. The molecule has 2 aromatic heterocycles. The summed E-state index contributed by atoms with van der Waals surface area (Å²) < 4.78 is 1.93. The van der Waals surface area contributed by atoms with E-state index in [9.17, 15) is 9.59 Å². The number of carbonyl (C=O) groups is 2. The molecule has 1 aliphatic heterocycles. The van der Waals surface area contributed by atoms with Gasteiger partial charge >= 0.3 is 5.97 Å². The van der Waals surface area contributed by atoms with Crippen LogP contribution < -0.4 is 4.90 Å². The van der Waals surface area contributed by atoms with Crippen LogP contribution in [0, 0.1) is 0 Å². The number of hydrogen-bond donors (Lipinski definition) is 1. The minimum atomic E-state index is -0.885. The van der Waals surface area contributed by atoms with E-state index in [1.807, 2.05) is 21.9 Å². The third-order valence-corrected chi connectivity index (χ3v) is 5.08. The van der Waals surface area contributed by atoms with Crippen LogP contribution in [0.3, 0.4) is 0 Å². The van der Waals surface area contributed by atoms with Crippen molar-refractivity contribution >= 4 is 33.9 Å². The van der Waals surface area contributed by atoms with Crippen LogP contribution in [0.5, 0.6) is 0 Å². The smallest absolute Gasteiger partial charge is 0.309 e. The number of nitrogens with zero attached hydrogens (tertiary/aromatic N) is 3. The number of carbonyl (C=O) groups excluding carboxylic acids is 1. The average molecular weight is 341 g/mol. The Balaban J connectivity index is 1.74. The van der Waals surface area contributed by atoms with Crippen LogP contribution in [0.15, 0.2) is 29.8 Å². The predicted octanol–water partition coefficient (Wildman–Crippen LogP) is 2.60. The molecule has 1 aromatic carbocycles. The molecule has 0 radical (unpaired) electrons. The van der Waals surface area contributed by atoms with E-state index in [0.29, 0.717) is 5.69 Å². The first-order valence-corrected chi connectivity index (χ1v) is 8.49. The number of aliphatic carboxylic acids is 1. The summed E-state index contributed by atoms with van der Waals surface area (Å²) in [5.74, 6) is -0.823. The molecule has 0 saturated carbocycles. The standard InChI is InChI=1S/C17H15N3O3S/c1-10(21)19-5-4-12-6-11(2-3-14(12)19)15-9-24-17-18-13(7-16(22)23)8-20(15)17/h2-3,6,8-9H,4-5,7H2,1H3,(H,22,23). The number of amides is 1. The zero-order valence-electron chi connectivity index (χ0n) is 13.0. The Bertz CT molecular complexity index is 973. The van der Waals surface area contributed by atoms with Gasteiger partial charge in [-0.2, -0.15) is 0 Å². The van der Waals surface area contributed by atoms with Gasteiger partial charge in [0.25, 0.3) is 0 Å². The van der Waals surface area contributed by atoms with Crippen LogP contribution in [0.4, 0.5) is 5.69 Å². The van der Waals surface area contributed by atoms with Gasteiger partial charge in [0.2, 0.25) is 5.91 Å². The summed E-state index contributed by atoms with van der Waals surface area (Å²) in [6.07, 6.45) is 2.56. The van der Waals surface area contributed by atoms with Crippen LogP contribution in [0.2, 0.25) is 0 Å². The fourth-order valence-electron chi connectivity index (χ4n) is 3.17. The molecule has 1 N–H and O–H groups in total. The summed E-state index contributed by atoms with van der Waals surface area (Å²) in [5, 5.41) is 10.9. The monoisotopic (exact) mass is 341 g/mol.